The maximum absolute atomic E-state index is 11.0. The summed E-state index contributed by atoms with van der Waals surface area (Å²) in [6, 6.07) is 10.4. The summed E-state index contributed by atoms with van der Waals surface area (Å²) in [6.45, 7) is 1.96. The molecule has 0 atom stereocenters. The van der Waals surface area contributed by atoms with Crippen molar-refractivity contribution < 1.29 is 14.3 Å². The molecule has 0 heterocycles. The number of carbonyl (C=O) groups excluding carboxylic acids is 1. The predicted octanol–water partition coefficient (Wildman–Crippen LogP) is 4.26. The second-order valence-electron chi connectivity index (χ2n) is 4.06. The molecule has 0 aliphatic rings. The van der Waals surface area contributed by atoms with Crippen LogP contribution in [0.1, 0.15) is 15.9 Å². The van der Waals surface area contributed by atoms with Crippen molar-refractivity contribution in [3.63, 3.8) is 0 Å². The summed E-state index contributed by atoms with van der Waals surface area (Å²) in [5, 5.41) is 0.506. The van der Waals surface area contributed by atoms with Gasteiger partial charge in [-0.25, -0.2) is 0 Å². The van der Waals surface area contributed by atoms with E-state index in [0.29, 0.717) is 27.8 Å². The van der Waals surface area contributed by atoms with Crippen LogP contribution in [-0.2, 0) is 0 Å². The van der Waals surface area contributed by atoms with Gasteiger partial charge in [-0.1, -0.05) is 17.7 Å². The highest BCUT2D eigenvalue weighted by atomic mass is 35.5. The molecule has 0 saturated carbocycles. The van der Waals surface area contributed by atoms with Gasteiger partial charge in [0.05, 0.1) is 12.7 Å². The van der Waals surface area contributed by atoms with Crippen molar-refractivity contribution in [3.05, 3.63) is 52.5 Å². The second-order valence-corrected chi connectivity index (χ2v) is 4.49. The highest BCUT2D eigenvalue weighted by Crippen LogP contribution is 2.34. The van der Waals surface area contributed by atoms with Crippen LogP contribution in [-0.4, -0.2) is 13.4 Å². The lowest BCUT2D eigenvalue weighted by atomic mass is 10.2. The highest BCUT2D eigenvalue weighted by Gasteiger charge is 2.09. The van der Waals surface area contributed by atoms with E-state index in [2.05, 4.69) is 0 Å². The van der Waals surface area contributed by atoms with Crippen LogP contribution in [0.15, 0.2) is 36.4 Å². The highest BCUT2D eigenvalue weighted by molar-refractivity contribution is 6.30. The summed E-state index contributed by atoms with van der Waals surface area (Å²) in [7, 11) is 1.57. The number of ether oxygens (including phenoxy) is 2. The molecule has 0 amide bonds. The molecule has 0 fully saturated rings. The zero-order valence-corrected chi connectivity index (χ0v) is 11.4. The summed E-state index contributed by atoms with van der Waals surface area (Å²) in [5.41, 5.74) is 1.50. The average molecular weight is 277 g/mol. The number of rotatable bonds is 4. The Bertz CT molecular complexity index is 608. The minimum absolute atomic E-state index is 0.407. The number of methoxy groups -OCH3 is 1. The second kappa shape index (κ2) is 5.76. The summed E-state index contributed by atoms with van der Waals surface area (Å²) >= 11 is 5.91. The predicted molar refractivity (Wildman–Crippen MR) is 74.6 cm³/mol. The fraction of sp³-hybridized carbons (Fsp3) is 0.133. The Morgan fingerprint density at radius 1 is 1.05 bits per heavy atom. The lowest BCUT2D eigenvalue weighted by Gasteiger charge is -2.12. The molecule has 0 N–H and O–H groups in total. The molecule has 4 heteroatoms. The van der Waals surface area contributed by atoms with E-state index in [0.717, 1.165) is 11.8 Å². The van der Waals surface area contributed by atoms with E-state index in [-0.39, 0.29) is 0 Å². The Morgan fingerprint density at radius 2 is 1.84 bits per heavy atom. The first kappa shape index (κ1) is 13.4. The van der Waals surface area contributed by atoms with E-state index < -0.39 is 0 Å². The number of hydrogen-bond donors (Lipinski definition) is 0. The third-order valence-electron chi connectivity index (χ3n) is 2.64. The Kier molecular flexibility index (Phi) is 4.07. The van der Waals surface area contributed by atoms with Crippen LogP contribution in [0.25, 0.3) is 0 Å². The topological polar surface area (TPSA) is 35.5 Å². The molecule has 0 unspecified atom stereocenters. The van der Waals surface area contributed by atoms with E-state index in [9.17, 15) is 4.79 Å². The summed E-state index contributed by atoms with van der Waals surface area (Å²) in [4.78, 5) is 11.0. The van der Waals surface area contributed by atoms with Crippen molar-refractivity contribution in [2.75, 3.05) is 7.11 Å². The standard InChI is InChI=1S/C15H13ClO3/c1-10-3-6-13(15(7-10)18-2)19-14-8-12(16)5-4-11(14)9-17/h3-9H,1-2H3. The van der Waals surface area contributed by atoms with Gasteiger partial charge in [-0.05, 0) is 36.8 Å². The molecule has 0 saturated heterocycles. The smallest absolute Gasteiger partial charge is 0.169 e. The molecule has 2 aromatic carbocycles. The van der Waals surface area contributed by atoms with Gasteiger partial charge in [0.15, 0.2) is 17.8 Å². The van der Waals surface area contributed by atoms with Gasteiger partial charge < -0.3 is 9.47 Å². The molecule has 0 aromatic heterocycles. The molecule has 0 aliphatic carbocycles. The van der Waals surface area contributed by atoms with Crippen LogP contribution >= 0.6 is 11.6 Å². The number of aldehydes is 1. The third kappa shape index (κ3) is 3.06. The molecule has 0 radical (unpaired) electrons. The Balaban J connectivity index is 2.40. The van der Waals surface area contributed by atoms with Crippen molar-refractivity contribution in [2.45, 2.75) is 6.92 Å². The number of halogens is 1. The van der Waals surface area contributed by atoms with E-state index in [4.69, 9.17) is 21.1 Å². The summed E-state index contributed by atoms with van der Waals surface area (Å²) in [6.07, 6.45) is 0.729. The molecule has 19 heavy (non-hydrogen) atoms. The van der Waals surface area contributed by atoms with Gasteiger partial charge in [0.25, 0.3) is 0 Å². The van der Waals surface area contributed by atoms with Crippen LogP contribution in [0.3, 0.4) is 0 Å². The molecule has 2 aromatic rings. The molecule has 2 rings (SSSR count). The number of aryl methyl sites for hydroxylation is 1. The molecular formula is C15H13ClO3. The van der Waals surface area contributed by atoms with Gasteiger partial charge in [0.2, 0.25) is 0 Å². The van der Waals surface area contributed by atoms with E-state index in [1.807, 2.05) is 19.1 Å². The van der Waals surface area contributed by atoms with Crippen molar-refractivity contribution in [3.8, 4) is 17.2 Å². The largest absolute Gasteiger partial charge is 0.493 e. The van der Waals surface area contributed by atoms with E-state index in [1.165, 1.54) is 0 Å². The molecule has 3 nitrogen and oxygen atoms in total. The first-order valence-electron chi connectivity index (χ1n) is 5.71. The first-order valence-corrected chi connectivity index (χ1v) is 6.09. The fourth-order valence-electron chi connectivity index (χ4n) is 1.67. The Labute approximate surface area is 116 Å². The third-order valence-corrected chi connectivity index (χ3v) is 2.88. The van der Waals surface area contributed by atoms with Crippen LogP contribution < -0.4 is 9.47 Å². The number of hydrogen-bond acceptors (Lipinski definition) is 3. The SMILES string of the molecule is COc1cc(C)ccc1Oc1cc(Cl)ccc1C=O. The summed E-state index contributed by atoms with van der Waals surface area (Å²) in [5.74, 6) is 1.56. The van der Waals surface area contributed by atoms with Crippen LogP contribution in [0.2, 0.25) is 5.02 Å². The van der Waals surface area contributed by atoms with E-state index >= 15 is 0 Å². The van der Waals surface area contributed by atoms with Gasteiger partial charge in [-0.15, -0.1) is 0 Å². The van der Waals surface area contributed by atoms with Crippen LogP contribution in [0, 0.1) is 6.92 Å². The van der Waals surface area contributed by atoms with Crippen molar-refractivity contribution in [2.24, 2.45) is 0 Å². The Hall–Kier alpha value is -2.00. The fourth-order valence-corrected chi connectivity index (χ4v) is 1.83. The summed E-state index contributed by atoms with van der Waals surface area (Å²) < 4.78 is 11.0. The van der Waals surface area contributed by atoms with Gasteiger partial charge in [-0.2, -0.15) is 0 Å². The maximum atomic E-state index is 11.0. The minimum Gasteiger partial charge on any atom is -0.493 e. The molecule has 0 aliphatic heterocycles. The van der Waals surface area contributed by atoms with Gasteiger partial charge in [-0.3, -0.25) is 4.79 Å². The normalized spacial score (nSPS) is 10.1. The lowest BCUT2D eigenvalue weighted by molar-refractivity contribution is 0.112. The number of carbonyl (C=O) groups is 1. The van der Waals surface area contributed by atoms with Crippen LogP contribution in [0.4, 0.5) is 0 Å². The minimum atomic E-state index is 0.407. The molecule has 98 valence electrons. The monoisotopic (exact) mass is 276 g/mol. The van der Waals surface area contributed by atoms with E-state index in [1.54, 1.807) is 31.4 Å². The van der Waals surface area contributed by atoms with Crippen molar-refractivity contribution in [1.29, 1.82) is 0 Å². The van der Waals surface area contributed by atoms with Gasteiger partial charge in [0, 0.05) is 11.1 Å². The van der Waals surface area contributed by atoms with Crippen molar-refractivity contribution >= 4 is 17.9 Å². The zero-order valence-electron chi connectivity index (χ0n) is 10.6. The van der Waals surface area contributed by atoms with Crippen LogP contribution in [0.5, 0.6) is 17.2 Å². The first-order chi connectivity index (χ1) is 9.13. The Morgan fingerprint density at radius 3 is 2.53 bits per heavy atom. The maximum Gasteiger partial charge on any atom is 0.169 e. The van der Waals surface area contributed by atoms with Gasteiger partial charge >= 0.3 is 0 Å². The van der Waals surface area contributed by atoms with Crippen molar-refractivity contribution in [1.82, 2.24) is 0 Å². The molecular weight excluding hydrogens is 264 g/mol. The lowest BCUT2D eigenvalue weighted by Crippen LogP contribution is -1.94. The average Bonchev–Trinajstić information content (AvgIpc) is 2.41. The number of benzene rings is 2. The quantitative estimate of drug-likeness (QED) is 0.783. The molecule has 0 spiro atoms. The van der Waals surface area contributed by atoms with Gasteiger partial charge in [0.1, 0.15) is 5.75 Å². The molecule has 0 bridgehead atoms. The zero-order chi connectivity index (χ0) is 13.8.